The topological polar surface area (TPSA) is 76.4 Å². The van der Waals surface area contributed by atoms with Gasteiger partial charge in [0.1, 0.15) is 15.6 Å². The highest BCUT2D eigenvalue weighted by Gasteiger charge is 2.23. The minimum absolute atomic E-state index is 0.145. The monoisotopic (exact) mass is 319 g/mol. The Morgan fingerprint density at radius 3 is 2.71 bits per heavy atom. The predicted molar refractivity (Wildman–Crippen MR) is 81.5 cm³/mol. The number of ether oxygens (including phenoxy) is 1. The summed E-state index contributed by atoms with van der Waals surface area (Å²) in [6.07, 6.45) is -1.18. The number of carbonyl (C=O) groups is 1. The molecule has 8 heteroatoms. The highest BCUT2D eigenvalue weighted by molar-refractivity contribution is 7.19. The summed E-state index contributed by atoms with van der Waals surface area (Å²) in [5.41, 5.74) is 6.05. The minimum Gasteiger partial charge on any atom is -0.486 e. The van der Waals surface area contributed by atoms with Crippen molar-refractivity contribution >= 4 is 27.9 Å². The summed E-state index contributed by atoms with van der Waals surface area (Å²) < 4.78 is 30.2. The molecule has 1 aromatic heterocycles. The maximum Gasteiger partial charge on any atom is 0.263 e. The Bertz CT molecular complexity index is 504. The van der Waals surface area contributed by atoms with Gasteiger partial charge in [0, 0.05) is 6.54 Å². The normalized spacial score (nSPS) is 10.8. The zero-order valence-corrected chi connectivity index (χ0v) is 12.7. The van der Waals surface area contributed by atoms with E-state index in [1.807, 2.05) is 0 Å². The van der Waals surface area contributed by atoms with Gasteiger partial charge in [0.2, 0.25) is 0 Å². The highest BCUT2D eigenvalue weighted by atomic mass is 32.1. The summed E-state index contributed by atoms with van der Waals surface area (Å²) in [6, 6.07) is 0. The number of amides is 1. The molecule has 0 bridgehead atoms. The maximum absolute atomic E-state index is 12.3. The molecule has 4 N–H and O–H groups in total. The first-order chi connectivity index (χ1) is 9.86. The molecule has 1 rings (SSSR count). The quantitative estimate of drug-likeness (QED) is 0.644. The van der Waals surface area contributed by atoms with Crippen molar-refractivity contribution in [3.63, 3.8) is 0 Å². The molecule has 1 amide bonds. The second-order valence-corrected chi connectivity index (χ2v) is 5.46. The predicted octanol–water partition coefficient (Wildman–Crippen LogP) is 2.71. The third-order valence-corrected chi connectivity index (χ3v) is 3.43. The van der Waals surface area contributed by atoms with Crippen LogP contribution in [0.5, 0.6) is 5.75 Å². The standard InChI is InChI=1S/C13H19F2N3O2S/c1-4-5-17-12(19)11-9(16)10(20-7(2)3)13(21-11)18-6-8(14)15/h4,7-8,18H,1,5-6,16H2,2-3H3,(H,17,19). The van der Waals surface area contributed by atoms with Crippen molar-refractivity contribution < 1.29 is 18.3 Å². The number of rotatable bonds is 8. The van der Waals surface area contributed by atoms with Gasteiger partial charge in [0.05, 0.1) is 12.6 Å². The lowest BCUT2D eigenvalue weighted by Crippen LogP contribution is -2.23. The van der Waals surface area contributed by atoms with Crippen LogP contribution in [0.4, 0.5) is 19.5 Å². The van der Waals surface area contributed by atoms with Crippen LogP contribution in [0.25, 0.3) is 0 Å². The summed E-state index contributed by atoms with van der Waals surface area (Å²) >= 11 is 0.988. The third kappa shape index (κ3) is 4.89. The summed E-state index contributed by atoms with van der Waals surface area (Å²) in [4.78, 5) is 12.2. The third-order valence-electron chi connectivity index (χ3n) is 2.28. The van der Waals surface area contributed by atoms with Crippen LogP contribution in [0.2, 0.25) is 0 Å². The Morgan fingerprint density at radius 2 is 2.19 bits per heavy atom. The SMILES string of the molecule is C=CCNC(=O)c1sc(NCC(F)F)c(OC(C)C)c1N. The van der Waals surface area contributed by atoms with E-state index < -0.39 is 18.9 Å². The Balaban J connectivity index is 3.04. The molecule has 0 aliphatic heterocycles. The number of hydrogen-bond donors (Lipinski definition) is 3. The number of alkyl halides is 2. The molecule has 0 unspecified atom stereocenters. The van der Waals surface area contributed by atoms with Crippen LogP contribution in [0.3, 0.4) is 0 Å². The van der Waals surface area contributed by atoms with Crippen molar-refractivity contribution in [3.05, 3.63) is 17.5 Å². The molecule has 0 aromatic carbocycles. The number of carbonyl (C=O) groups excluding carboxylic acids is 1. The van der Waals surface area contributed by atoms with Gasteiger partial charge in [-0.3, -0.25) is 4.79 Å². The molecular formula is C13H19F2N3O2S. The number of nitrogens with two attached hydrogens (primary N) is 1. The summed E-state index contributed by atoms with van der Waals surface area (Å²) in [5.74, 6) is -0.157. The lowest BCUT2D eigenvalue weighted by atomic mass is 10.3. The summed E-state index contributed by atoms with van der Waals surface area (Å²) in [6.45, 7) is 6.81. The van der Waals surface area contributed by atoms with Gasteiger partial charge in [-0.15, -0.1) is 17.9 Å². The minimum atomic E-state index is -2.52. The molecule has 0 spiro atoms. The van der Waals surface area contributed by atoms with Gasteiger partial charge in [-0.25, -0.2) is 8.78 Å². The maximum atomic E-state index is 12.3. The number of anilines is 2. The molecule has 0 aliphatic rings. The Hall–Kier alpha value is -1.83. The van der Waals surface area contributed by atoms with E-state index in [9.17, 15) is 13.6 Å². The van der Waals surface area contributed by atoms with E-state index in [-0.39, 0.29) is 29.0 Å². The lowest BCUT2D eigenvalue weighted by Gasteiger charge is -2.12. The fourth-order valence-corrected chi connectivity index (χ4v) is 2.46. The van der Waals surface area contributed by atoms with Gasteiger partial charge >= 0.3 is 0 Å². The van der Waals surface area contributed by atoms with Gasteiger partial charge in [-0.1, -0.05) is 6.08 Å². The van der Waals surface area contributed by atoms with Crippen LogP contribution in [-0.4, -0.2) is 31.5 Å². The molecule has 1 aromatic rings. The van der Waals surface area contributed by atoms with Crippen molar-refractivity contribution in [1.29, 1.82) is 0 Å². The molecule has 0 atom stereocenters. The van der Waals surface area contributed by atoms with Crippen molar-refractivity contribution in [3.8, 4) is 5.75 Å². The van der Waals surface area contributed by atoms with Crippen molar-refractivity contribution in [2.75, 3.05) is 24.1 Å². The fraction of sp³-hybridized carbons (Fsp3) is 0.462. The fourth-order valence-electron chi connectivity index (χ4n) is 1.48. The molecule has 5 nitrogen and oxygen atoms in total. The molecule has 0 aliphatic carbocycles. The number of hydrogen-bond acceptors (Lipinski definition) is 5. The molecule has 0 fully saturated rings. The summed E-state index contributed by atoms with van der Waals surface area (Å²) in [7, 11) is 0. The van der Waals surface area contributed by atoms with Crippen LogP contribution < -0.4 is 21.1 Å². The van der Waals surface area contributed by atoms with Gasteiger partial charge in [0.15, 0.2) is 5.75 Å². The average molecular weight is 319 g/mol. The first-order valence-corrected chi connectivity index (χ1v) is 7.18. The lowest BCUT2D eigenvalue weighted by molar-refractivity contribution is 0.0962. The van der Waals surface area contributed by atoms with E-state index in [2.05, 4.69) is 17.2 Å². The smallest absolute Gasteiger partial charge is 0.263 e. The van der Waals surface area contributed by atoms with E-state index >= 15 is 0 Å². The Morgan fingerprint density at radius 1 is 1.52 bits per heavy atom. The molecule has 1 heterocycles. The molecular weight excluding hydrogens is 300 g/mol. The van der Waals surface area contributed by atoms with E-state index in [1.54, 1.807) is 13.8 Å². The molecule has 0 radical (unpaired) electrons. The number of nitrogen functional groups attached to an aromatic ring is 1. The summed E-state index contributed by atoms with van der Waals surface area (Å²) in [5, 5.41) is 5.47. The van der Waals surface area contributed by atoms with Crippen molar-refractivity contribution in [2.24, 2.45) is 0 Å². The zero-order chi connectivity index (χ0) is 16.0. The highest BCUT2D eigenvalue weighted by Crippen LogP contribution is 2.43. The van der Waals surface area contributed by atoms with E-state index in [0.717, 1.165) is 11.3 Å². The zero-order valence-electron chi connectivity index (χ0n) is 11.9. The van der Waals surface area contributed by atoms with Crippen LogP contribution in [0.15, 0.2) is 12.7 Å². The molecule has 118 valence electrons. The van der Waals surface area contributed by atoms with Gasteiger partial charge in [-0.2, -0.15) is 0 Å². The second kappa shape index (κ2) is 7.82. The molecule has 0 saturated heterocycles. The first kappa shape index (κ1) is 17.2. The van der Waals surface area contributed by atoms with Crippen LogP contribution in [0.1, 0.15) is 23.5 Å². The van der Waals surface area contributed by atoms with Crippen LogP contribution >= 0.6 is 11.3 Å². The van der Waals surface area contributed by atoms with Crippen molar-refractivity contribution in [2.45, 2.75) is 26.4 Å². The first-order valence-electron chi connectivity index (χ1n) is 6.36. The van der Waals surface area contributed by atoms with Gasteiger partial charge in [0.25, 0.3) is 12.3 Å². The van der Waals surface area contributed by atoms with E-state index in [1.165, 1.54) is 6.08 Å². The Kier molecular flexibility index (Phi) is 6.41. The average Bonchev–Trinajstić information content (AvgIpc) is 2.70. The van der Waals surface area contributed by atoms with Gasteiger partial charge in [-0.05, 0) is 13.8 Å². The second-order valence-electron chi connectivity index (χ2n) is 4.44. The van der Waals surface area contributed by atoms with Crippen molar-refractivity contribution in [1.82, 2.24) is 5.32 Å². The molecule has 0 saturated carbocycles. The number of thiophene rings is 1. The molecule has 21 heavy (non-hydrogen) atoms. The van der Waals surface area contributed by atoms with Crippen LogP contribution in [-0.2, 0) is 0 Å². The number of nitrogens with one attached hydrogen (secondary N) is 2. The van der Waals surface area contributed by atoms with Crippen LogP contribution in [0, 0.1) is 0 Å². The van der Waals surface area contributed by atoms with E-state index in [0.29, 0.717) is 5.00 Å². The van der Waals surface area contributed by atoms with E-state index in [4.69, 9.17) is 10.5 Å². The number of halogens is 2. The Labute approximate surface area is 126 Å². The largest absolute Gasteiger partial charge is 0.486 e. The van der Waals surface area contributed by atoms with Gasteiger partial charge < -0.3 is 21.1 Å².